The second kappa shape index (κ2) is 12.7. The quantitative estimate of drug-likeness (QED) is 0.182. The molecule has 0 spiro atoms. The van der Waals surface area contributed by atoms with Gasteiger partial charge in [0.25, 0.3) is 5.91 Å². The lowest BCUT2D eigenvalue weighted by Gasteiger charge is -2.16. The summed E-state index contributed by atoms with van der Waals surface area (Å²) in [6.07, 6.45) is 9.69. The molecule has 0 radical (unpaired) electrons. The monoisotopic (exact) mass is 551 g/mol. The van der Waals surface area contributed by atoms with Gasteiger partial charge in [0.2, 0.25) is 0 Å². The van der Waals surface area contributed by atoms with Crippen molar-refractivity contribution < 1.29 is 24.2 Å². The molecule has 0 bridgehead atoms. The predicted octanol–water partition coefficient (Wildman–Crippen LogP) is 6.60. The summed E-state index contributed by atoms with van der Waals surface area (Å²) in [6.45, 7) is 2.76. The first kappa shape index (κ1) is 28.0. The summed E-state index contributed by atoms with van der Waals surface area (Å²) in [7, 11) is 0. The number of benzene rings is 2. The maximum atomic E-state index is 13.0. The van der Waals surface area contributed by atoms with Crippen molar-refractivity contribution in [1.82, 2.24) is 9.55 Å². The zero-order valence-electron chi connectivity index (χ0n) is 23.1. The first-order valence-corrected chi connectivity index (χ1v) is 14.1. The molecule has 1 heterocycles. The topological polar surface area (TPSA) is 111 Å². The van der Waals surface area contributed by atoms with Crippen molar-refractivity contribution in [3.05, 3.63) is 88.5 Å². The van der Waals surface area contributed by atoms with Gasteiger partial charge in [0.05, 0.1) is 17.1 Å². The zero-order valence-corrected chi connectivity index (χ0v) is 23.1. The average molecular weight is 552 g/mol. The Morgan fingerprint density at radius 1 is 1.07 bits per heavy atom. The molecule has 5 rings (SSSR count). The number of aldehydes is 1. The third kappa shape index (κ3) is 6.43. The van der Waals surface area contributed by atoms with Crippen LogP contribution in [0.5, 0.6) is 5.75 Å². The molecule has 2 aromatic carbocycles. The van der Waals surface area contributed by atoms with E-state index < -0.39 is 6.16 Å². The Morgan fingerprint density at radius 3 is 2.61 bits per heavy atom. The van der Waals surface area contributed by atoms with Gasteiger partial charge in [-0.2, -0.15) is 0 Å². The third-order valence-electron chi connectivity index (χ3n) is 7.56. The number of hydrogen-bond acceptors (Lipinski definition) is 5. The van der Waals surface area contributed by atoms with E-state index in [-0.39, 0.29) is 11.7 Å². The minimum Gasteiger partial charge on any atom is -0.449 e. The van der Waals surface area contributed by atoms with Gasteiger partial charge in [-0.1, -0.05) is 55.8 Å². The number of rotatable bonds is 9. The van der Waals surface area contributed by atoms with Gasteiger partial charge in [-0.25, -0.2) is 14.8 Å². The van der Waals surface area contributed by atoms with Crippen LogP contribution >= 0.6 is 0 Å². The van der Waals surface area contributed by atoms with Gasteiger partial charge in [0.15, 0.2) is 0 Å². The van der Waals surface area contributed by atoms with Crippen LogP contribution in [0.3, 0.4) is 0 Å². The van der Waals surface area contributed by atoms with Crippen molar-refractivity contribution >= 4 is 30.1 Å². The number of hydrogen-bond donors (Lipinski definition) is 1. The maximum Gasteiger partial charge on any atom is 0.511 e. The molecule has 1 N–H and O–H groups in total. The molecule has 0 unspecified atom stereocenters. The number of aromatic nitrogens is 2. The third-order valence-corrected chi connectivity index (χ3v) is 7.56. The maximum absolute atomic E-state index is 13.0. The fourth-order valence-electron chi connectivity index (χ4n) is 5.43. The van der Waals surface area contributed by atoms with Crippen LogP contribution in [0, 0.1) is 0 Å². The van der Waals surface area contributed by atoms with E-state index in [9.17, 15) is 14.4 Å². The number of ether oxygens (including phenoxy) is 1. The molecular weight excluding hydrogens is 518 g/mol. The van der Waals surface area contributed by atoms with Gasteiger partial charge in [-0.05, 0) is 61.4 Å². The van der Waals surface area contributed by atoms with Gasteiger partial charge in [0, 0.05) is 36.1 Å². The molecule has 0 atom stereocenters. The number of amides is 1. The summed E-state index contributed by atoms with van der Waals surface area (Å²) in [5.74, 6) is 0.974. The molecule has 1 aromatic heterocycles. The molecular formula is C33H33N3O5. The summed E-state index contributed by atoms with van der Waals surface area (Å²) in [6, 6.07) is 15.0. The van der Waals surface area contributed by atoms with Crippen molar-refractivity contribution in [2.24, 2.45) is 4.99 Å². The highest BCUT2D eigenvalue weighted by Crippen LogP contribution is 2.31. The Balaban J connectivity index is 1.41. The summed E-state index contributed by atoms with van der Waals surface area (Å²) in [4.78, 5) is 45.0. The molecule has 0 fully saturated rings. The van der Waals surface area contributed by atoms with E-state index in [1.165, 1.54) is 0 Å². The fraction of sp³-hybridized carbons (Fsp3) is 0.303. The number of imidazole rings is 1. The number of para-hydroxylation sites is 1. The number of allylic oxidation sites excluding steroid dienone is 2. The lowest BCUT2D eigenvalue weighted by atomic mass is 9.92. The van der Waals surface area contributed by atoms with Gasteiger partial charge >= 0.3 is 6.16 Å². The minimum atomic E-state index is -1.35. The van der Waals surface area contributed by atoms with Gasteiger partial charge in [-0.3, -0.25) is 9.59 Å². The summed E-state index contributed by atoms with van der Waals surface area (Å²) in [5.41, 5.74) is 6.32. The molecule has 1 amide bonds. The van der Waals surface area contributed by atoms with E-state index in [4.69, 9.17) is 14.8 Å². The largest absolute Gasteiger partial charge is 0.511 e. The highest BCUT2D eigenvalue weighted by molar-refractivity contribution is 6.11. The zero-order chi connectivity index (χ0) is 28.8. The molecule has 41 heavy (non-hydrogen) atoms. The lowest BCUT2D eigenvalue weighted by molar-refractivity contribution is -0.115. The Labute approximate surface area is 239 Å². The highest BCUT2D eigenvalue weighted by atomic mass is 16.7. The second-order valence-electron chi connectivity index (χ2n) is 10.4. The lowest BCUT2D eigenvalue weighted by Crippen LogP contribution is -2.16. The van der Waals surface area contributed by atoms with Crippen LogP contribution in [-0.4, -0.2) is 38.7 Å². The number of carbonyl (C=O) groups excluding carboxylic acids is 2. The van der Waals surface area contributed by atoms with Crippen molar-refractivity contribution in [3.63, 3.8) is 0 Å². The number of nitrogens with zero attached hydrogens (tertiary/aromatic N) is 3. The summed E-state index contributed by atoms with van der Waals surface area (Å²) < 4.78 is 7.19. The number of carbonyl (C=O) groups is 3. The van der Waals surface area contributed by atoms with Crippen LogP contribution in [0.2, 0.25) is 0 Å². The van der Waals surface area contributed by atoms with Crippen molar-refractivity contribution in [3.8, 4) is 16.9 Å². The first-order chi connectivity index (χ1) is 20.0. The number of carboxylic acid groups (broad SMARTS) is 1. The number of fused-ring (bicyclic) bond motifs is 1. The smallest absolute Gasteiger partial charge is 0.449 e. The molecule has 2 aliphatic rings. The number of unbranched alkanes of at least 4 members (excludes halogenated alkanes) is 1. The second-order valence-corrected chi connectivity index (χ2v) is 10.4. The van der Waals surface area contributed by atoms with E-state index in [0.29, 0.717) is 48.2 Å². The van der Waals surface area contributed by atoms with Crippen LogP contribution < -0.4 is 4.74 Å². The molecule has 210 valence electrons. The Hall–Kier alpha value is -4.59. The highest BCUT2D eigenvalue weighted by Gasteiger charge is 2.23. The van der Waals surface area contributed by atoms with Crippen molar-refractivity contribution in [2.45, 2.75) is 64.8 Å². The van der Waals surface area contributed by atoms with Crippen molar-refractivity contribution in [1.29, 1.82) is 0 Å². The number of aryl methyl sites for hydroxylation is 1. The molecule has 8 nitrogen and oxygen atoms in total. The van der Waals surface area contributed by atoms with Gasteiger partial charge < -0.3 is 14.4 Å². The van der Waals surface area contributed by atoms with Crippen LogP contribution in [0.4, 0.5) is 4.79 Å². The summed E-state index contributed by atoms with van der Waals surface area (Å²) >= 11 is 0. The van der Waals surface area contributed by atoms with E-state index in [1.54, 1.807) is 12.1 Å². The van der Waals surface area contributed by atoms with Gasteiger partial charge in [0.1, 0.15) is 17.9 Å². The van der Waals surface area contributed by atoms with Crippen LogP contribution in [0.15, 0.2) is 70.7 Å². The van der Waals surface area contributed by atoms with E-state index in [1.807, 2.05) is 48.6 Å². The Kier molecular flexibility index (Phi) is 8.67. The van der Waals surface area contributed by atoms with E-state index in [0.717, 1.165) is 66.7 Å². The molecule has 2 aliphatic carbocycles. The molecule has 8 heteroatoms. The minimum absolute atomic E-state index is 0.288. The Morgan fingerprint density at radius 2 is 1.85 bits per heavy atom. The van der Waals surface area contributed by atoms with Crippen LogP contribution in [0.1, 0.15) is 68.2 Å². The molecule has 0 saturated heterocycles. The molecule has 3 aromatic rings. The van der Waals surface area contributed by atoms with E-state index in [2.05, 4.69) is 16.5 Å². The van der Waals surface area contributed by atoms with E-state index >= 15 is 0 Å². The molecule has 0 saturated carbocycles. The summed E-state index contributed by atoms with van der Waals surface area (Å²) in [5, 5.41) is 9.09. The normalized spacial score (nSPS) is 15.6. The first-order valence-electron chi connectivity index (χ1n) is 14.1. The average Bonchev–Trinajstić information content (AvgIpc) is 3.32. The van der Waals surface area contributed by atoms with Gasteiger partial charge in [-0.15, -0.1) is 0 Å². The Bertz CT molecular complexity index is 1560. The van der Waals surface area contributed by atoms with Crippen molar-refractivity contribution in [2.75, 3.05) is 0 Å². The predicted molar refractivity (Wildman–Crippen MR) is 157 cm³/mol. The van der Waals surface area contributed by atoms with Crippen LogP contribution in [0.25, 0.3) is 17.2 Å². The molecule has 0 aliphatic heterocycles. The number of aliphatic imine (C=N–C) groups is 1. The van der Waals surface area contributed by atoms with Crippen LogP contribution in [-0.2, 0) is 29.0 Å². The standard InChI is InChI=1S/C33H33N3O5/c1-2-3-12-31-35-28-18-17-25(34-32(38)27-10-5-4-8-24(27)21-37)19-29(28)36(31)20-22-13-15-23(16-14-22)26-9-6-7-11-30(26)41-33(39)40/h6-7,9,11,13-18,21H,2-5,8,10,12,19-20H2,1H3,(H,39,40). The SMILES string of the molecule is CCCCc1nc2c(n1Cc1ccc(-c3ccccc3OC(=O)O)cc1)CC(=NC(=O)C1=C(C=O)CCCC1)C=C2. The fourth-order valence-corrected chi connectivity index (χ4v) is 5.43.